The summed E-state index contributed by atoms with van der Waals surface area (Å²) in [6, 6.07) is 0. The molecule has 1 aliphatic heterocycles. The molecule has 0 bridgehead atoms. The highest BCUT2D eigenvalue weighted by molar-refractivity contribution is 14.0. The van der Waals surface area contributed by atoms with Crippen molar-refractivity contribution in [2.75, 3.05) is 19.3 Å². The largest absolute Gasteiger partial charge is 0.355 e. The number of aryl methyl sites for hydroxylation is 2. The van der Waals surface area contributed by atoms with Gasteiger partial charge in [-0.15, -0.1) is 24.0 Å². The van der Waals surface area contributed by atoms with Crippen LogP contribution in [0.5, 0.6) is 0 Å². The Morgan fingerprint density at radius 3 is 2.64 bits per heavy atom. The van der Waals surface area contributed by atoms with Crippen molar-refractivity contribution in [2.24, 2.45) is 12.0 Å². The first-order chi connectivity index (χ1) is 9.95. The van der Waals surface area contributed by atoms with E-state index in [0.29, 0.717) is 4.75 Å². The molecule has 1 aromatic rings. The van der Waals surface area contributed by atoms with Gasteiger partial charge in [-0.25, -0.2) is 0 Å². The van der Waals surface area contributed by atoms with Crippen LogP contribution in [0.2, 0.25) is 0 Å². The third kappa shape index (κ3) is 4.78. The number of halogens is 1. The molecule has 2 N–H and O–H groups in total. The van der Waals surface area contributed by atoms with Crippen molar-refractivity contribution in [2.45, 2.75) is 44.9 Å². The highest BCUT2D eigenvalue weighted by atomic mass is 127. The van der Waals surface area contributed by atoms with Crippen molar-refractivity contribution in [3.05, 3.63) is 17.0 Å². The summed E-state index contributed by atoms with van der Waals surface area (Å²) in [6.07, 6.45) is 2.60. The predicted octanol–water partition coefficient (Wildman–Crippen LogP) is 2.61. The van der Waals surface area contributed by atoms with E-state index in [1.165, 1.54) is 29.9 Å². The molecule has 0 radical (unpaired) electrons. The Morgan fingerprint density at radius 1 is 1.41 bits per heavy atom. The van der Waals surface area contributed by atoms with Gasteiger partial charge in [-0.2, -0.15) is 16.9 Å². The molecule has 7 heteroatoms. The lowest BCUT2D eigenvalue weighted by Crippen LogP contribution is -2.43. The topological polar surface area (TPSA) is 54.2 Å². The molecule has 2 rings (SSSR count). The lowest BCUT2D eigenvalue weighted by molar-refractivity contribution is 0.584. The Kier molecular flexibility index (Phi) is 7.51. The maximum atomic E-state index is 4.45. The van der Waals surface area contributed by atoms with Crippen LogP contribution in [-0.2, 0) is 13.6 Å². The molecule has 2 heterocycles. The fourth-order valence-electron chi connectivity index (χ4n) is 2.71. The quantitative estimate of drug-likeness (QED) is 0.432. The number of thioether (sulfide) groups is 1. The van der Waals surface area contributed by atoms with Crippen LogP contribution in [0.3, 0.4) is 0 Å². The van der Waals surface area contributed by atoms with Crippen molar-refractivity contribution in [3.8, 4) is 0 Å². The molecule has 0 aliphatic carbocycles. The molecule has 1 fully saturated rings. The summed E-state index contributed by atoms with van der Waals surface area (Å²) in [5.74, 6) is 2.14. The first-order valence-electron chi connectivity index (χ1n) is 7.53. The van der Waals surface area contributed by atoms with Gasteiger partial charge >= 0.3 is 0 Å². The summed E-state index contributed by atoms with van der Waals surface area (Å²) in [5, 5.41) is 11.3. The third-order valence-electron chi connectivity index (χ3n) is 4.25. The van der Waals surface area contributed by atoms with E-state index in [-0.39, 0.29) is 24.0 Å². The first kappa shape index (κ1) is 19.6. The fourth-order valence-corrected chi connectivity index (χ4v) is 3.96. The van der Waals surface area contributed by atoms with E-state index in [1.807, 2.05) is 18.8 Å². The van der Waals surface area contributed by atoms with Crippen LogP contribution in [0.15, 0.2) is 4.99 Å². The average molecular weight is 437 g/mol. The van der Waals surface area contributed by atoms with E-state index in [2.05, 4.69) is 53.3 Å². The number of aliphatic imine (C=N–C) groups is 1. The van der Waals surface area contributed by atoms with Crippen LogP contribution >= 0.6 is 35.7 Å². The van der Waals surface area contributed by atoms with Crippen LogP contribution in [-0.4, -0.2) is 39.8 Å². The second kappa shape index (κ2) is 8.42. The van der Waals surface area contributed by atoms with Gasteiger partial charge in [0.15, 0.2) is 5.96 Å². The monoisotopic (exact) mass is 437 g/mol. The van der Waals surface area contributed by atoms with Gasteiger partial charge in [-0.3, -0.25) is 9.67 Å². The van der Waals surface area contributed by atoms with Crippen molar-refractivity contribution >= 4 is 41.7 Å². The molecule has 0 aromatic carbocycles. The summed E-state index contributed by atoms with van der Waals surface area (Å²) in [5.41, 5.74) is 3.53. The van der Waals surface area contributed by atoms with E-state index in [1.54, 1.807) is 0 Å². The summed E-state index contributed by atoms with van der Waals surface area (Å²) in [4.78, 5) is 4.32. The maximum Gasteiger partial charge on any atom is 0.191 e. The summed E-state index contributed by atoms with van der Waals surface area (Å²) in [6.45, 7) is 8.21. The second-order valence-electron chi connectivity index (χ2n) is 5.95. The van der Waals surface area contributed by atoms with Crippen molar-refractivity contribution in [3.63, 3.8) is 0 Å². The molecule has 1 atom stereocenters. The summed E-state index contributed by atoms with van der Waals surface area (Å²) >= 11 is 2.06. The Hall–Kier alpha value is -0.440. The molecule has 0 amide bonds. The number of nitrogens with one attached hydrogen (secondary N) is 2. The minimum Gasteiger partial charge on any atom is -0.355 e. The van der Waals surface area contributed by atoms with Crippen LogP contribution in [0, 0.1) is 13.8 Å². The SMILES string of the molecule is CN=C(NCc1c(C)nn(C)c1C)NCC1(C)CCCS1.I. The number of guanidine groups is 1. The Labute approximate surface area is 155 Å². The molecule has 0 spiro atoms. The Bertz CT molecular complexity index is 520. The Morgan fingerprint density at radius 2 is 2.14 bits per heavy atom. The summed E-state index contributed by atoms with van der Waals surface area (Å²) < 4.78 is 2.27. The summed E-state index contributed by atoms with van der Waals surface area (Å²) in [7, 11) is 3.81. The van der Waals surface area contributed by atoms with Crippen molar-refractivity contribution in [1.29, 1.82) is 0 Å². The Balaban J connectivity index is 0.00000242. The van der Waals surface area contributed by atoms with Crippen molar-refractivity contribution in [1.82, 2.24) is 20.4 Å². The zero-order chi connectivity index (χ0) is 15.5. The van der Waals surface area contributed by atoms with Gasteiger partial charge in [-0.05, 0) is 39.4 Å². The maximum absolute atomic E-state index is 4.45. The molecule has 5 nitrogen and oxygen atoms in total. The van der Waals surface area contributed by atoms with E-state index in [4.69, 9.17) is 0 Å². The van der Waals surface area contributed by atoms with Crippen LogP contribution in [0.25, 0.3) is 0 Å². The highest BCUT2D eigenvalue weighted by Crippen LogP contribution is 2.36. The third-order valence-corrected chi connectivity index (χ3v) is 5.78. The van der Waals surface area contributed by atoms with Crippen LogP contribution in [0.1, 0.15) is 36.7 Å². The molecule has 0 saturated carbocycles. The van der Waals surface area contributed by atoms with Crippen LogP contribution in [0.4, 0.5) is 0 Å². The van der Waals surface area contributed by atoms with Crippen molar-refractivity contribution < 1.29 is 0 Å². The predicted molar refractivity (Wildman–Crippen MR) is 106 cm³/mol. The van der Waals surface area contributed by atoms with Gasteiger partial charge < -0.3 is 10.6 Å². The highest BCUT2D eigenvalue weighted by Gasteiger charge is 2.29. The lowest BCUT2D eigenvalue weighted by Gasteiger charge is -2.24. The van der Waals surface area contributed by atoms with E-state index >= 15 is 0 Å². The number of nitrogens with zero attached hydrogens (tertiary/aromatic N) is 3. The van der Waals surface area contributed by atoms with E-state index in [9.17, 15) is 0 Å². The molecular formula is C15H28IN5S. The number of aromatic nitrogens is 2. The zero-order valence-electron chi connectivity index (χ0n) is 14.2. The van der Waals surface area contributed by atoms with E-state index in [0.717, 1.165) is 24.7 Å². The molecule has 1 aromatic heterocycles. The minimum atomic E-state index is 0. The van der Waals surface area contributed by atoms with E-state index < -0.39 is 0 Å². The lowest BCUT2D eigenvalue weighted by atomic mass is 10.1. The van der Waals surface area contributed by atoms with Gasteiger partial charge in [0, 0.05) is 43.2 Å². The second-order valence-corrected chi connectivity index (χ2v) is 7.64. The number of hydrogen-bond donors (Lipinski definition) is 2. The van der Waals surface area contributed by atoms with Gasteiger partial charge in [0.1, 0.15) is 0 Å². The normalized spacial score (nSPS) is 21.6. The molecule has 1 unspecified atom stereocenters. The first-order valence-corrected chi connectivity index (χ1v) is 8.51. The standard InChI is InChI=1S/C15H27N5S.HI/c1-11-13(12(2)20(5)19-11)9-17-14(16-4)18-10-15(3)7-6-8-21-15;/h6-10H2,1-5H3,(H2,16,17,18);1H. The van der Waals surface area contributed by atoms with Gasteiger partial charge in [0.2, 0.25) is 0 Å². The molecule has 22 heavy (non-hydrogen) atoms. The van der Waals surface area contributed by atoms with Crippen LogP contribution < -0.4 is 10.6 Å². The minimum absolute atomic E-state index is 0. The zero-order valence-corrected chi connectivity index (χ0v) is 17.3. The molecule has 1 saturated heterocycles. The van der Waals surface area contributed by atoms with Gasteiger partial charge in [-0.1, -0.05) is 0 Å². The number of rotatable bonds is 4. The average Bonchev–Trinajstić information content (AvgIpc) is 2.98. The molecule has 1 aliphatic rings. The fraction of sp³-hybridized carbons (Fsp3) is 0.733. The van der Waals surface area contributed by atoms with Gasteiger partial charge in [0.25, 0.3) is 0 Å². The number of hydrogen-bond acceptors (Lipinski definition) is 3. The smallest absolute Gasteiger partial charge is 0.191 e. The molecular weight excluding hydrogens is 409 g/mol. The molecule has 126 valence electrons. The van der Waals surface area contributed by atoms with Gasteiger partial charge in [0.05, 0.1) is 5.69 Å².